The lowest BCUT2D eigenvalue weighted by Crippen LogP contribution is -2.38. The van der Waals surface area contributed by atoms with Gasteiger partial charge in [-0.2, -0.15) is 9.97 Å². The third-order valence-corrected chi connectivity index (χ3v) is 6.99. The summed E-state index contributed by atoms with van der Waals surface area (Å²) in [5, 5.41) is 27.0. The third-order valence-electron chi connectivity index (χ3n) is 6.27. The second kappa shape index (κ2) is 13.4. The van der Waals surface area contributed by atoms with Crippen LogP contribution in [0, 0.1) is 0 Å². The fourth-order valence-corrected chi connectivity index (χ4v) is 4.57. The number of ether oxygens (including phenoxy) is 1. The molecule has 214 valence electrons. The Morgan fingerprint density at radius 2 is 1.95 bits per heavy atom. The highest BCUT2D eigenvalue weighted by molar-refractivity contribution is 7.88. The number of aromatic nitrogens is 4. The fourth-order valence-electron chi connectivity index (χ4n) is 4.06. The van der Waals surface area contributed by atoms with Gasteiger partial charge in [-0.25, -0.2) is 18.1 Å². The zero-order valence-electron chi connectivity index (χ0n) is 22.0. The first-order valence-electron chi connectivity index (χ1n) is 12.7. The Morgan fingerprint density at radius 3 is 2.66 bits per heavy atom. The molecule has 4 atom stereocenters. The van der Waals surface area contributed by atoms with Crippen LogP contribution in [0.4, 0.5) is 11.8 Å². The number of sulfonamides is 1. The highest BCUT2D eigenvalue weighted by Gasteiger charge is 2.44. The van der Waals surface area contributed by atoms with Crippen LogP contribution in [0.2, 0.25) is 0 Å². The molecule has 16 heteroatoms. The number of carbonyl (C=O) groups is 1. The first-order chi connectivity index (χ1) is 18.0. The van der Waals surface area contributed by atoms with Crippen molar-refractivity contribution in [3.63, 3.8) is 0 Å². The van der Waals surface area contributed by atoms with E-state index in [0.717, 1.165) is 19.2 Å². The Balaban J connectivity index is 1.50. The molecule has 1 fully saturated rings. The molecule has 0 saturated carbocycles. The van der Waals surface area contributed by atoms with Gasteiger partial charge in [-0.15, -0.1) is 0 Å². The number of nitrogens with two attached hydrogens (primary N) is 1. The van der Waals surface area contributed by atoms with Crippen molar-refractivity contribution >= 4 is 38.9 Å². The minimum atomic E-state index is -3.18. The molecule has 0 unspecified atom stereocenters. The predicted molar refractivity (Wildman–Crippen MR) is 142 cm³/mol. The molecule has 1 saturated heterocycles. The Hall–Kier alpha value is -2.63. The number of likely N-dealkylation sites (N-methyl/N-ethyl adjacent to an activating group) is 1. The van der Waals surface area contributed by atoms with Crippen LogP contribution in [-0.4, -0.2) is 113 Å². The van der Waals surface area contributed by atoms with Crippen LogP contribution in [0.3, 0.4) is 0 Å². The molecular formula is C22H39N9O6S. The lowest BCUT2D eigenvalue weighted by atomic mass is 10.1. The molecule has 1 aliphatic heterocycles. The van der Waals surface area contributed by atoms with Crippen molar-refractivity contribution in [1.29, 1.82) is 0 Å². The largest absolute Gasteiger partial charge is 0.387 e. The van der Waals surface area contributed by atoms with Crippen molar-refractivity contribution in [3.05, 3.63) is 6.33 Å². The number of unbranched alkanes of at least 4 members (excludes halogenated alkanes) is 2. The summed E-state index contributed by atoms with van der Waals surface area (Å²) in [6.45, 7) is 4.25. The maximum absolute atomic E-state index is 12.0. The average Bonchev–Trinajstić information content (AvgIpc) is 3.40. The van der Waals surface area contributed by atoms with E-state index in [1.165, 1.54) is 10.9 Å². The number of rotatable bonds is 15. The number of fused-ring (bicyclic) bond motifs is 1. The van der Waals surface area contributed by atoms with Crippen molar-refractivity contribution in [1.82, 2.24) is 34.5 Å². The van der Waals surface area contributed by atoms with Crippen LogP contribution in [0.15, 0.2) is 6.33 Å². The van der Waals surface area contributed by atoms with E-state index in [1.54, 1.807) is 0 Å². The molecule has 0 radical (unpaired) electrons. The molecule has 0 bridgehead atoms. The molecule has 15 nitrogen and oxygen atoms in total. The van der Waals surface area contributed by atoms with Gasteiger partial charge in [-0.3, -0.25) is 9.36 Å². The number of hydrogen-bond donors (Lipinski definition) is 6. The van der Waals surface area contributed by atoms with Gasteiger partial charge in [0.1, 0.15) is 23.8 Å². The van der Waals surface area contributed by atoms with Crippen LogP contribution in [0.5, 0.6) is 0 Å². The van der Waals surface area contributed by atoms with E-state index in [1.807, 2.05) is 18.9 Å². The van der Waals surface area contributed by atoms with Gasteiger partial charge in [0.25, 0.3) is 0 Å². The van der Waals surface area contributed by atoms with Gasteiger partial charge in [0.05, 0.1) is 12.6 Å². The topological polar surface area (TPSA) is 210 Å². The summed E-state index contributed by atoms with van der Waals surface area (Å²) in [6, 6.07) is 0. The number of amides is 1. The minimum Gasteiger partial charge on any atom is -0.387 e. The van der Waals surface area contributed by atoms with Gasteiger partial charge < -0.3 is 36.2 Å². The van der Waals surface area contributed by atoms with E-state index in [9.17, 15) is 23.4 Å². The molecule has 7 N–H and O–H groups in total. The number of nitrogens with one attached hydrogen (secondary N) is 3. The molecule has 0 aliphatic carbocycles. The monoisotopic (exact) mass is 557 g/mol. The summed E-state index contributed by atoms with van der Waals surface area (Å²) < 4.78 is 32.0. The number of carbonyl (C=O) groups excluding carboxylic acids is 1. The van der Waals surface area contributed by atoms with Gasteiger partial charge in [0.15, 0.2) is 17.7 Å². The number of nitrogen functional groups attached to an aromatic ring is 1. The van der Waals surface area contributed by atoms with Crippen LogP contribution in [0.25, 0.3) is 11.2 Å². The Bertz CT molecular complexity index is 1180. The summed E-state index contributed by atoms with van der Waals surface area (Å²) in [7, 11) is -1.28. The van der Waals surface area contributed by atoms with E-state index >= 15 is 0 Å². The number of hydrogen-bond acceptors (Lipinski definition) is 12. The number of aliphatic hydroxyl groups excluding tert-OH is 2. The zero-order chi connectivity index (χ0) is 27.9. The third kappa shape index (κ3) is 8.18. The fraction of sp³-hybridized carbons (Fsp3) is 0.727. The Labute approximate surface area is 222 Å². The van der Waals surface area contributed by atoms with Crippen molar-refractivity contribution < 1.29 is 28.2 Å². The van der Waals surface area contributed by atoms with E-state index in [4.69, 9.17) is 10.5 Å². The number of anilines is 2. The van der Waals surface area contributed by atoms with Crippen LogP contribution in [0.1, 0.15) is 38.8 Å². The maximum Gasteiger partial charge on any atom is 0.226 e. The van der Waals surface area contributed by atoms with Crippen molar-refractivity contribution in [2.45, 2.75) is 57.1 Å². The van der Waals surface area contributed by atoms with E-state index in [0.29, 0.717) is 56.6 Å². The van der Waals surface area contributed by atoms with Crippen LogP contribution in [-0.2, 0) is 19.6 Å². The quantitative estimate of drug-likeness (QED) is 0.140. The first-order valence-corrected chi connectivity index (χ1v) is 14.5. The van der Waals surface area contributed by atoms with E-state index in [2.05, 4.69) is 30.3 Å². The van der Waals surface area contributed by atoms with E-state index in [-0.39, 0.29) is 17.7 Å². The highest BCUT2D eigenvalue weighted by Crippen LogP contribution is 2.32. The second-order valence-corrected chi connectivity index (χ2v) is 11.2. The molecule has 38 heavy (non-hydrogen) atoms. The molecule has 2 aromatic heterocycles. The lowest BCUT2D eigenvalue weighted by Gasteiger charge is -2.21. The average molecular weight is 558 g/mol. The van der Waals surface area contributed by atoms with Gasteiger partial charge in [-0.1, -0.05) is 13.3 Å². The predicted octanol–water partition coefficient (Wildman–Crippen LogP) is -1.38. The summed E-state index contributed by atoms with van der Waals surface area (Å²) in [5.74, 6) is 0.256. The second-order valence-electron chi connectivity index (χ2n) is 9.41. The molecule has 0 spiro atoms. The highest BCUT2D eigenvalue weighted by atomic mass is 32.2. The maximum atomic E-state index is 12.0. The normalized spacial score (nSPS) is 21.8. The lowest BCUT2D eigenvalue weighted by molar-refractivity contribution is -0.121. The van der Waals surface area contributed by atoms with E-state index < -0.39 is 34.6 Å². The van der Waals surface area contributed by atoms with Gasteiger partial charge in [0.2, 0.25) is 21.9 Å². The molecule has 3 heterocycles. The standard InChI is InChI=1S/C22H39N9O6S/c1-4-30(2)12-14-17(33)18(34)21(37-14)31-13-26-16-19(23)28-22(29-20(16)31)25-11-10-24-15(32)8-6-5-7-9-27-38(3,35)36/h13-14,17-18,21,27,33-34H,4-12H2,1-3H3,(H,24,32)(H3,23,25,28,29)/t14-,17-,18-,21-/m1/s1. The minimum absolute atomic E-state index is 0.106. The summed E-state index contributed by atoms with van der Waals surface area (Å²) >= 11 is 0. The van der Waals surface area contributed by atoms with Crippen LogP contribution < -0.4 is 21.1 Å². The van der Waals surface area contributed by atoms with Crippen molar-refractivity contribution in [2.24, 2.45) is 0 Å². The number of imidazole rings is 1. The van der Waals surface area contributed by atoms with Crippen molar-refractivity contribution in [2.75, 3.05) is 57.1 Å². The molecule has 2 aromatic rings. The summed E-state index contributed by atoms with van der Waals surface area (Å²) in [5.41, 5.74) is 6.76. The number of aliphatic hydroxyl groups is 2. The molecule has 1 aliphatic rings. The molecule has 3 rings (SSSR count). The molecular weight excluding hydrogens is 518 g/mol. The molecule has 1 amide bonds. The first kappa shape index (κ1) is 29.9. The van der Waals surface area contributed by atoms with Crippen LogP contribution >= 0.6 is 0 Å². The zero-order valence-corrected chi connectivity index (χ0v) is 22.8. The van der Waals surface area contributed by atoms with Crippen molar-refractivity contribution in [3.8, 4) is 0 Å². The Kier molecular flexibility index (Phi) is 10.6. The Morgan fingerprint density at radius 1 is 1.18 bits per heavy atom. The number of nitrogens with zero attached hydrogens (tertiary/aromatic N) is 5. The summed E-state index contributed by atoms with van der Waals surface area (Å²) in [6.07, 6.45) is 1.24. The molecule has 0 aromatic carbocycles. The van der Waals surface area contributed by atoms with Gasteiger partial charge in [0, 0.05) is 32.6 Å². The van der Waals surface area contributed by atoms with Gasteiger partial charge in [-0.05, 0) is 26.4 Å². The summed E-state index contributed by atoms with van der Waals surface area (Å²) in [4.78, 5) is 26.9. The van der Waals surface area contributed by atoms with Gasteiger partial charge >= 0.3 is 0 Å². The SMILES string of the molecule is CCN(C)C[C@H]1O[C@@H](n2cnc3c(N)nc(NCCNC(=O)CCCCCNS(C)(=O)=O)nc32)[C@H](O)[C@@H]1O. The smallest absolute Gasteiger partial charge is 0.226 e.